The minimum atomic E-state index is -0.469. The van der Waals surface area contributed by atoms with Crippen molar-refractivity contribution in [2.24, 2.45) is 0 Å². The van der Waals surface area contributed by atoms with Gasteiger partial charge < -0.3 is 15.0 Å². The van der Waals surface area contributed by atoms with E-state index in [4.69, 9.17) is 0 Å². The van der Waals surface area contributed by atoms with Gasteiger partial charge in [0.05, 0.1) is 6.10 Å². The number of nitrogens with one attached hydrogen (secondary N) is 1. The van der Waals surface area contributed by atoms with Gasteiger partial charge in [-0.05, 0) is 42.8 Å². The average Bonchev–Trinajstić information content (AvgIpc) is 2.99. The highest BCUT2D eigenvalue weighted by molar-refractivity contribution is 5.94. The fraction of sp³-hybridized carbons (Fsp3) is 0.312. The number of aliphatic hydroxyl groups is 1. The summed E-state index contributed by atoms with van der Waals surface area (Å²) in [5.41, 5.74) is 1.61. The SMILES string of the molecule is CCCC(O)CNC(=O)c1ccc(-n2cccc2)cc1. The summed E-state index contributed by atoms with van der Waals surface area (Å²) in [7, 11) is 0. The molecule has 1 heterocycles. The van der Waals surface area contributed by atoms with E-state index in [0.29, 0.717) is 18.5 Å². The van der Waals surface area contributed by atoms with Crippen molar-refractivity contribution < 1.29 is 9.90 Å². The smallest absolute Gasteiger partial charge is 0.251 e. The highest BCUT2D eigenvalue weighted by atomic mass is 16.3. The number of hydrogen-bond donors (Lipinski definition) is 2. The molecule has 2 rings (SSSR count). The maximum absolute atomic E-state index is 11.9. The Bertz CT molecular complexity index is 532. The molecule has 1 unspecified atom stereocenters. The molecule has 106 valence electrons. The molecule has 4 nitrogen and oxygen atoms in total. The van der Waals surface area contributed by atoms with Crippen LogP contribution in [0.5, 0.6) is 0 Å². The molecule has 0 saturated heterocycles. The number of amides is 1. The second-order valence-corrected chi connectivity index (χ2v) is 4.79. The zero-order chi connectivity index (χ0) is 14.4. The van der Waals surface area contributed by atoms with Crippen molar-refractivity contribution in [1.29, 1.82) is 0 Å². The first-order valence-corrected chi connectivity index (χ1v) is 6.90. The largest absolute Gasteiger partial charge is 0.391 e. The van der Waals surface area contributed by atoms with Gasteiger partial charge in [0.2, 0.25) is 0 Å². The van der Waals surface area contributed by atoms with E-state index in [2.05, 4.69) is 5.32 Å². The monoisotopic (exact) mass is 272 g/mol. The van der Waals surface area contributed by atoms with Crippen LogP contribution in [-0.2, 0) is 0 Å². The van der Waals surface area contributed by atoms with E-state index in [0.717, 1.165) is 12.1 Å². The van der Waals surface area contributed by atoms with E-state index in [9.17, 15) is 9.90 Å². The summed E-state index contributed by atoms with van der Waals surface area (Å²) in [5, 5.41) is 12.3. The second-order valence-electron chi connectivity index (χ2n) is 4.79. The molecule has 1 amide bonds. The number of nitrogens with zero attached hydrogens (tertiary/aromatic N) is 1. The van der Waals surface area contributed by atoms with Crippen LogP contribution < -0.4 is 5.32 Å². The van der Waals surface area contributed by atoms with Crippen molar-refractivity contribution in [3.8, 4) is 5.69 Å². The third kappa shape index (κ3) is 3.71. The average molecular weight is 272 g/mol. The summed E-state index contributed by atoms with van der Waals surface area (Å²) in [6.45, 7) is 2.30. The van der Waals surface area contributed by atoms with Gasteiger partial charge in [0.1, 0.15) is 0 Å². The fourth-order valence-corrected chi connectivity index (χ4v) is 2.04. The van der Waals surface area contributed by atoms with Crippen LogP contribution in [0.4, 0.5) is 0 Å². The van der Waals surface area contributed by atoms with Gasteiger partial charge in [-0.2, -0.15) is 0 Å². The lowest BCUT2D eigenvalue weighted by atomic mass is 10.1. The van der Waals surface area contributed by atoms with Crippen LogP contribution in [-0.4, -0.2) is 28.2 Å². The molecule has 1 atom stereocenters. The van der Waals surface area contributed by atoms with Gasteiger partial charge >= 0.3 is 0 Å². The Hall–Kier alpha value is -2.07. The van der Waals surface area contributed by atoms with Gasteiger partial charge in [-0.25, -0.2) is 0 Å². The topological polar surface area (TPSA) is 54.3 Å². The molecule has 20 heavy (non-hydrogen) atoms. The van der Waals surface area contributed by atoms with Crippen molar-refractivity contribution in [2.45, 2.75) is 25.9 Å². The molecule has 0 aliphatic rings. The van der Waals surface area contributed by atoms with Gasteiger partial charge in [-0.15, -0.1) is 0 Å². The lowest BCUT2D eigenvalue weighted by Crippen LogP contribution is -2.31. The van der Waals surface area contributed by atoms with E-state index < -0.39 is 6.10 Å². The van der Waals surface area contributed by atoms with Crippen LogP contribution in [0.3, 0.4) is 0 Å². The van der Waals surface area contributed by atoms with Gasteiger partial charge in [-0.3, -0.25) is 4.79 Å². The number of benzene rings is 1. The highest BCUT2D eigenvalue weighted by Gasteiger charge is 2.08. The van der Waals surface area contributed by atoms with Crippen LogP contribution in [0.15, 0.2) is 48.8 Å². The van der Waals surface area contributed by atoms with Crippen LogP contribution in [0.25, 0.3) is 5.69 Å². The van der Waals surface area contributed by atoms with E-state index in [1.165, 1.54) is 0 Å². The Morgan fingerprint density at radius 1 is 1.25 bits per heavy atom. The van der Waals surface area contributed by atoms with E-state index >= 15 is 0 Å². The summed E-state index contributed by atoms with van der Waals surface area (Å²) in [6, 6.07) is 11.3. The molecule has 0 aliphatic carbocycles. The second kappa shape index (κ2) is 6.91. The zero-order valence-corrected chi connectivity index (χ0v) is 11.6. The lowest BCUT2D eigenvalue weighted by Gasteiger charge is -2.11. The molecular weight excluding hydrogens is 252 g/mol. The minimum Gasteiger partial charge on any atom is -0.391 e. The third-order valence-electron chi connectivity index (χ3n) is 3.15. The summed E-state index contributed by atoms with van der Waals surface area (Å²) in [6.07, 6.45) is 5.05. The fourth-order valence-electron chi connectivity index (χ4n) is 2.04. The number of hydrogen-bond acceptors (Lipinski definition) is 2. The number of aliphatic hydroxyl groups excluding tert-OH is 1. The quantitative estimate of drug-likeness (QED) is 0.848. The van der Waals surface area contributed by atoms with E-state index in [1.807, 2.05) is 48.1 Å². The highest BCUT2D eigenvalue weighted by Crippen LogP contribution is 2.10. The summed E-state index contributed by atoms with van der Waals surface area (Å²) >= 11 is 0. The molecule has 0 spiro atoms. The van der Waals surface area contributed by atoms with Crippen LogP contribution in [0.2, 0.25) is 0 Å². The first kappa shape index (κ1) is 14.3. The molecule has 1 aromatic carbocycles. The Morgan fingerprint density at radius 2 is 1.90 bits per heavy atom. The Morgan fingerprint density at radius 3 is 2.50 bits per heavy atom. The predicted molar refractivity (Wildman–Crippen MR) is 79.0 cm³/mol. The summed E-state index contributed by atoms with van der Waals surface area (Å²) in [4.78, 5) is 11.9. The first-order chi connectivity index (χ1) is 9.70. The summed E-state index contributed by atoms with van der Waals surface area (Å²) < 4.78 is 1.98. The number of carbonyl (C=O) groups is 1. The molecule has 0 bridgehead atoms. The zero-order valence-electron chi connectivity index (χ0n) is 11.6. The third-order valence-corrected chi connectivity index (χ3v) is 3.15. The Balaban J connectivity index is 1.94. The van der Waals surface area contributed by atoms with Gasteiger partial charge in [0.15, 0.2) is 0 Å². The Kier molecular flexibility index (Phi) is 4.96. The predicted octanol–water partition coefficient (Wildman–Crippen LogP) is 2.37. The van der Waals surface area contributed by atoms with E-state index in [1.54, 1.807) is 12.1 Å². The maximum atomic E-state index is 11.9. The van der Waals surface area contributed by atoms with Crippen molar-refractivity contribution in [1.82, 2.24) is 9.88 Å². The van der Waals surface area contributed by atoms with Gasteiger partial charge in [0.25, 0.3) is 5.91 Å². The molecule has 0 aliphatic heterocycles. The molecular formula is C16H20N2O2. The van der Waals surface area contributed by atoms with Gasteiger partial charge in [0, 0.05) is 30.2 Å². The molecule has 0 saturated carbocycles. The molecule has 2 aromatic rings. The lowest BCUT2D eigenvalue weighted by molar-refractivity contribution is 0.0910. The minimum absolute atomic E-state index is 0.154. The molecule has 1 aromatic heterocycles. The first-order valence-electron chi connectivity index (χ1n) is 6.90. The standard InChI is InChI=1S/C16H20N2O2/c1-2-5-15(19)12-17-16(20)13-6-8-14(9-7-13)18-10-3-4-11-18/h3-4,6-11,15,19H,2,5,12H2,1H3,(H,17,20). The molecule has 4 heteroatoms. The number of carbonyl (C=O) groups excluding carboxylic acids is 1. The van der Waals surface area contributed by atoms with Crippen molar-refractivity contribution in [3.63, 3.8) is 0 Å². The maximum Gasteiger partial charge on any atom is 0.251 e. The molecule has 2 N–H and O–H groups in total. The van der Waals surface area contributed by atoms with E-state index in [-0.39, 0.29) is 5.91 Å². The number of rotatable bonds is 6. The van der Waals surface area contributed by atoms with Crippen LogP contribution in [0.1, 0.15) is 30.1 Å². The molecule has 0 fully saturated rings. The van der Waals surface area contributed by atoms with Crippen molar-refractivity contribution >= 4 is 5.91 Å². The van der Waals surface area contributed by atoms with Crippen LogP contribution >= 0.6 is 0 Å². The number of aromatic nitrogens is 1. The molecule has 0 radical (unpaired) electrons. The normalized spacial score (nSPS) is 12.1. The van der Waals surface area contributed by atoms with Crippen molar-refractivity contribution in [3.05, 3.63) is 54.4 Å². The van der Waals surface area contributed by atoms with Crippen LogP contribution in [0, 0.1) is 0 Å². The Labute approximate surface area is 119 Å². The summed E-state index contributed by atoms with van der Waals surface area (Å²) in [5.74, 6) is -0.154. The van der Waals surface area contributed by atoms with Crippen molar-refractivity contribution in [2.75, 3.05) is 6.54 Å². The van der Waals surface area contributed by atoms with Gasteiger partial charge in [-0.1, -0.05) is 13.3 Å².